The van der Waals surface area contributed by atoms with E-state index < -0.39 is 29.9 Å². The summed E-state index contributed by atoms with van der Waals surface area (Å²) in [4.78, 5) is 2.95. The van der Waals surface area contributed by atoms with Gasteiger partial charge in [-0.05, 0) is 67.2 Å². The van der Waals surface area contributed by atoms with E-state index in [4.69, 9.17) is 4.74 Å². The number of hydrogen-bond acceptors (Lipinski definition) is 6. The molecule has 3 aliphatic rings. The Kier molecular flexibility index (Phi) is 5.99. The number of hydrogen-bond donors (Lipinski definition) is 3. The molecule has 1 aliphatic heterocycles. The Bertz CT molecular complexity index is 941. The van der Waals surface area contributed by atoms with Crippen LogP contribution in [0.15, 0.2) is 30.3 Å². The summed E-state index contributed by atoms with van der Waals surface area (Å²) in [6, 6.07) is 10.8. The molecule has 7 atom stereocenters. The maximum Gasteiger partial charge on any atom is 0.132 e. The van der Waals surface area contributed by atoms with E-state index in [0.29, 0.717) is 5.41 Å². The van der Waals surface area contributed by atoms with Crippen molar-refractivity contribution in [3.05, 3.63) is 56.8 Å². The molecule has 1 saturated heterocycles. The molecule has 2 unspecified atom stereocenters. The molecule has 31 heavy (non-hydrogen) atoms. The first-order valence-corrected chi connectivity index (χ1v) is 13.4. The van der Waals surface area contributed by atoms with Gasteiger partial charge >= 0.3 is 0 Å². The zero-order chi connectivity index (χ0) is 21.8. The zero-order valence-electron chi connectivity index (χ0n) is 18.2. The normalized spacial score (nSPS) is 37.5. The Morgan fingerprint density at radius 2 is 1.94 bits per heavy atom. The van der Waals surface area contributed by atoms with E-state index in [1.54, 1.807) is 4.88 Å². The fourth-order valence-corrected chi connectivity index (χ4v) is 7.64. The standard InChI is InChI=1S/C25H32O4S2/c1-14-6-7-15(23-21(27)20(26)22(28)24(29-23)30-2)11-16(14)12-18-8-9-19(31-18)25-10-4-3-5-17(25)13-25/h6-9,11,17,20-24,26-28H,3-5,10,12-13H2,1-2H3/t17?,20-,21-,22+,23+,24-,25?/m1/s1. The Morgan fingerprint density at radius 3 is 2.71 bits per heavy atom. The van der Waals surface area contributed by atoms with Gasteiger partial charge in [-0.3, -0.25) is 0 Å². The third kappa shape index (κ3) is 3.90. The molecule has 1 aromatic heterocycles. The van der Waals surface area contributed by atoms with E-state index in [1.165, 1.54) is 59.9 Å². The predicted molar refractivity (Wildman–Crippen MR) is 126 cm³/mol. The van der Waals surface area contributed by atoms with Gasteiger partial charge in [0.05, 0.1) is 0 Å². The van der Waals surface area contributed by atoms with Crippen molar-refractivity contribution in [3.63, 3.8) is 0 Å². The Balaban J connectivity index is 1.36. The van der Waals surface area contributed by atoms with E-state index in [9.17, 15) is 15.3 Å². The topological polar surface area (TPSA) is 69.9 Å². The molecule has 2 heterocycles. The molecule has 2 aromatic rings. The first-order valence-electron chi connectivity index (χ1n) is 11.3. The van der Waals surface area contributed by atoms with Crippen molar-refractivity contribution in [2.45, 2.75) is 80.7 Å². The highest BCUT2D eigenvalue weighted by atomic mass is 32.2. The molecule has 0 amide bonds. The van der Waals surface area contributed by atoms with Gasteiger partial charge in [0, 0.05) is 21.6 Å². The lowest BCUT2D eigenvalue weighted by Crippen LogP contribution is -2.52. The van der Waals surface area contributed by atoms with Crippen molar-refractivity contribution in [2.75, 3.05) is 6.26 Å². The third-order valence-electron chi connectivity index (χ3n) is 7.68. The van der Waals surface area contributed by atoms with Crippen LogP contribution in [0, 0.1) is 12.8 Å². The van der Waals surface area contributed by atoms with Crippen LogP contribution in [0.25, 0.3) is 0 Å². The summed E-state index contributed by atoms with van der Waals surface area (Å²) in [5.41, 5.74) is 3.21. The quantitative estimate of drug-likeness (QED) is 0.620. The van der Waals surface area contributed by atoms with Crippen molar-refractivity contribution in [3.8, 4) is 0 Å². The minimum Gasteiger partial charge on any atom is -0.387 e. The van der Waals surface area contributed by atoms with Gasteiger partial charge in [0.25, 0.3) is 0 Å². The van der Waals surface area contributed by atoms with Gasteiger partial charge in [0.15, 0.2) is 0 Å². The van der Waals surface area contributed by atoms with Crippen LogP contribution in [0.4, 0.5) is 0 Å². The largest absolute Gasteiger partial charge is 0.387 e. The Morgan fingerprint density at radius 1 is 1.10 bits per heavy atom. The fourth-order valence-electron chi connectivity index (χ4n) is 5.63. The highest BCUT2D eigenvalue weighted by molar-refractivity contribution is 7.99. The summed E-state index contributed by atoms with van der Waals surface area (Å²) < 4.78 is 5.97. The van der Waals surface area contributed by atoms with Gasteiger partial charge in [-0.1, -0.05) is 31.0 Å². The van der Waals surface area contributed by atoms with Crippen molar-refractivity contribution >= 4 is 23.1 Å². The number of aliphatic hydroxyl groups excluding tert-OH is 3. The summed E-state index contributed by atoms with van der Waals surface area (Å²) in [5.74, 6) is 0.911. The first-order chi connectivity index (χ1) is 14.9. The lowest BCUT2D eigenvalue weighted by molar-refractivity contribution is -0.200. The smallest absolute Gasteiger partial charge is 0.132 e. The zero-order valence-corrected chi connectivity index (χ0v) is 19.8. The van der Waals surface area contributed by atoms with Crippen LogP contribution in [0.1, 0.15) is 64.7 Å². The van der Waals surface area contributed by atoms with Gasteiger partial charge in [-0.2, -0.15) is 0 Å². The Labute approximate surface area is 192 Å². The second kappa shape index (κ2) is 8.47. The van der Waals surface area contributed by atoms with Crippen molar-refractivity contribution in [2.24, 2.45) is 5.92 Å². The van der Waals surface area contributed by atoms with Crippen LogP contribution in [-0.2, 0) is 16.6 Å². The first kappa shape index (κ1) is 21.9. The fraction of sp³-hybridized carbons (Fsp3) is 0.600. The summed E-state index contributed by atoms with van der Waals surface area (Å²) in [6.45, 7) is 2.12. The van der Waals surface area contributed by atoms with Gasteiger partial charge in [0.1, 0.15) is 29.9 Å². The number of aryl methyl sites for hydroxylation is 1. The number of benzene rings is 1. The van der Waals surface area contributed by atoms with E-state index in [0.717, 1.165) is 17.9 Å². The maximum atomic E-state index is 10.6. The molecule has 1 aromatic carbocycles. The third-order valence-corrected chi connectivity index (χ3v) is 9.84. The Hall–Kier alpha value is -0.890. The molecule has 0 radical (unpaired) electrons. The number of ether oxygens (including phenoxy) is 1. The van der Waals surface area contributed by atoms with Crippen molar-refractivity contribution in [1.82, 2.24) is 0 Å². The number of fused-ring (bicyclic) bond motifs is 1. The van der Waals surface area contributed by atoms with E-state index in [1.807, 2.05) is 23.7 Å². The summed E-state index contributed by atoms with van der Waals surface area (Å²) in [5, 5.41) is 31.0. The molecular weight excluding hydrogens is 428 g/mol. The summed E-state index contributed by atoms with van der Waals surface area (Å²) in [7, 11) is 0. The second-order valence-electron chi connectivity index (χ2n) is 9.56. The van der Waals surface area contributed by atoms with Crippen LogP contribution >= 0.6 is 23.1 Å². The summed E-state index contributed by atoms with van der Waals surface area (Å²) in [6.07, 6.45) is 5.48. The van der Waals surface area contributed by atoms with Crippen LogP contribution < -0.4 is 0 Å². The molecule has 168 valence electrons. The van der Waals surface area contributed by atoms with Crippen molar-refractivity contribution < 1.29 is 20.1 Å². The molecule has 6 heteroatoms. The maximum absolute atomic E-state index is 10.6. The van der Waals surface area contributed by atoms with Crippen LogP contribution in [0.3, 0.4) is 0 Å². The van der Waals surface area contributed by atoms with E-state index >= 15 is 0 Å². The number of thiophene rings is 1. The molecule has 3 N–H and O–H groups in total. The number of thioether (sulfide) groups is 1. The van der Waals surface area contributed by atoms with Gasteiger partial charge in [-0.15, -0.1) is 23.1 Å². The molecule has 5 rings (SSSR count). The van der Waals surface area contributed by atoms with Crippen LogP contribution in [0.2, 0.25) is 0 Å². The van der Waals surface area contributed by atoms with Gasteiger partial charge < -0.3 is 20.1 Å². The minimum absolute atomic E-state index is 0.488. The highest BCUT2D eigenvalue weighted by Crippen LogP contribution is 2.63. The average molecular weight is 461 g/mol. The van der Waals surface area contributed by atoms with Gasteiger partial charge in [-0.25, -0.2) is 0 Å². The summed E-state index contributed by atoms with van der Waals surface area (Å²) >= 11 is 3.32. The monoisotopic (exact) mass is 460 g/mol. The molecule has 0 bridgehead atoms. The molecule has 0 spiro atoms. The highest BCUT2D eigenvalue weighted by Gasteiger charge is 2.56. The van der Waals surface area contributed by atoms with E-state index in [2.05, 4.69) is 31.2 Å². The molecule has 3 fully saturated rings. The van der Waals surface area contributed by atoms with E-state index in [-0.39, 0.29) is 0 Å². The molecular formula is C25H32O4S2. The second-order valence-corrected chi connectivity index (χ2v) is 11.7. The number of rotatable bonds is 5. The molecule has 2 aliphatic carbocycles. The SMILES string of the molecule is CS[C@H]1O[C@@H](c2ccc(C)c(Cc3ccc(C45CCCCC4C5)s3)c2)[C@H](O)[C@@H](O)[C@@H]1O. The number of aliphatic hydroxyl groups is 3. The lowest BCUT2D eigenvalue weighted by Gasteiger charge is -2.40. The van der Waals surface area contributed by atoms with Crippen molar-refractivity contribution in [1.29, 1.82) is 0 Å². The molecule has 4 nitrogen and oxygen atoms in total. The van der Waals surface area contributed by atoms with Gasteiger partial charge in [0.2, 0.25) is 0 Å². The molecule has 2 saturated carbocycles. The lowest BCUT2D eigenvalue weighted by atomic mass is 9.87. The van der Waals surface area contributed by atoms with Crippen LogP contribution in [-0.4, -0.2) is 45.3 Å². The average Bonchev–Trinajstić information content (AvgIpc) is 3.35. The van der Waals surface area contributed by atoms with Crippen LogP contribution in [0.5, 0.6) is 0 Å². The minimum atomic E-state index is -1.22. The predicted octanol–water partition coefficient (Wildman–Crippen LogP) is 4.32.